The molecule has 0 heterocycles. The largest absolute Gasteiger partial charge is 0.478 e. The number of carbonyl (C=O) groups is 1. The van der Waals surface area contributed by atoms with Crippen molar-refractivity contribution >= 4 is 5.97 Å². The molecule has 0 amide bonds. The Morgan fingerprint density at radius 2 is 1.69 bits per heavy atom. The topological polar surface area (TPSA) is 37.3 Å². The fourth-order valence-corrected chi connectivity index (χ4v) is 1.75. The first-order valence-electron chi connectivity index (χ1n) is 6.53. The van der Waals surface area contributed by atoms with Gasteiger partial charge in [0.15, 0.2) is 0 Å². The maximum atomic E-state index is 10.9. The lowest BCUT2D eigenvalue weighted by Gasteiger charge is -2.05. The summed E-state index contributed by atoms with van der Waals surface area (Å²) >= 11 is 0. The molecule has 0 spiro atoms. The Labute approximate surface area is 99.7 Å². The van der Waals surface area contributed by atoms with E-state index in [1.165, 1.54) is 32.1 Å². The van der Waals surface area contributed by atoms with E-state index in [-0.39, 0.29) is 5.92 Å². The maximum Gasteiger partial charge on any atom is 0.331 e. The molecular weight excluding hydrogens is 200 g/mol. The number of allylic oxidation sites excluding steroid dienone is 1. The smallest absolute Gasteiger partial charge is 0.331 e. The Bertz CT molecular complexity index is 217. The summed E-state index contributed by atoms with van der Waals surface area (Å²) in [6.45, 7) is 6.08. The number of hydrogen-bond donors (Lipinski definition) is 1. The first-order chi connectivity index (χ1) is 7.59. The van der Waals surface area contributed by atoms with E-state index in [1.54, 1.807) is 0 Å². The molecule has 0 aliphatic heterocycles. The Morgan fingerprint density at radius 3 is 2.19 bits per heavy atom. The highest BCUT2D eigenvalue weighted by Crippen LogP contribution is 2.13. The van der Waals surface area contributed by atoms with Crippen LogP contribution >= 0.6 is 0 Å². The zero-order valence-corrected chi connectivity index (χ0v) is 11.0. The standard InChI is InChI=1S/C14H26O2/c1-4-5-6-7-8-9-10-11-13(12(2)3)14(15)16/h11-12H,4-10H2,1-3H3,(H,15,16). The van der Waals surface area contributed by atoms with Gasteiger partial charge in [0.1, 0.15) is 0 Å². The van der Waals surface area contributed by atoms with Crippen LogP contribution in [0, 0.1) is 5.92 Å². The van der Waals surface area contributed by atoms with Gasteiger partial charge in [0.25, 0.3) is 0 Å². The molecule has 0 saturated heterocycles. The van der Waals surface area contributed by atoms with Gasteiger partial charge in [-0.15, -0.1) is 0 Å². The number of aliphatic carboxylic acids is 1. The first-order valence-corrected chi connectivity index (χ1v) is 6.53. The molecule has 0 aromatic heterocycles. The SMILES string of the molecule is CCCCCCCCC=C(C(=O)O)C(C)C. The van der Waals surface area contributed by atoms with Gasteiger partial charge in [-0.3, -0.25) is 0 Å². The summed E-state index contributed by atoms with van der Waals surface area (Å²) in [5.74, 6) is -0.640. The zero-order chi connectivity index (χ0) is 12.4. The number of unbranched alkanes of at least 4 members (excludes halogenated alkanes) is 6. The quantitative estimate of drug-likeness (QED) is 0.467. The van der Waals surface area contributed by atoms with Crippen LogP contribution in [0.2, 0.25) is 0 Å². The van der Waals surface area contributed by atoms with Crippen molar-refractivity contribution in [3.8, 4) is 0 Å². The van der Waals surface area contributed by atoms with Crippen molar-refractivity contribution in [2.45, 2.75) is 65.7 Å². The molecule has 1 N–H and O–H groups in total. The summed E-state index contributed by atoms with van der Waals surface area (Å²) in [6, 6.07) is 0. The van der Waals surface area contributed by atoms with Gasteiger partial charge >= 0.3 is 5.97 Å². The molecule has 16 heavy (non-hydrogen) atoms. The Kier molecular flexibility index (Phi) is 8.97. The average molecular weight is 226 g/mol. The second-order valence-corrected chi connectivity index (χ2v) is 4.68. The molecule has 0 aromatic carbocycles. The van der Waals surface area contributed by atoms with Gasteiger partial charge < -0.3 is 5.11 Å². The molecule has 0 atom stereocenters. The summed E-state index contributed by atoms with van der Waals surface area (Å²) in [5.41, 5.74) is 0.563. The number of carboxylic acid groups (broad SMARTS) is 1. The molecular formula is C14H26O2. The van der Waals surface area contributed by atoms with Gasteiger partial charge in [-0.25, -0.2) is 4.79 Å². The number of rotatable bonds is 9. The number of carboxylic acids is 1. The van der Waals surface area contributed by atoms with Crippen molar-refractivity contribution in [3.05, 3.63) is 11.6 Å². The van der Waals surface area contributed by atoms with Crippen LogP contribution in [0.25, 0.3) is 0 Å². The van der Waals surface area contributed by atoms with Crippen LogP contribution in [-0.4, -0.2) is 11.1 Å². The summed E-state index contributed by atoms with van der Waals surface area (Å²) < 4.78 is 0. The Balaban J connectivity index is 3.68. The molecule has 0 bridgehead atoms. The third-order valence-corrected chi connectivity index (χ3v) is 2.79. The van der Waals surface area contributed by atoms with Gasteiger partial charge in [-0.05, 0) is 18.8 Å². The summed E-state index contributed by atoms with van der Waals surface area (Å²) in [4.78, 5) is 10.9. The first kappa shape index (κ1) is 15.2. The third kappa shape index (κ3) is 7.49. The highest BCUT2D eigenvalue weighted by Gasteiger charge is 2.10. The Morgan fingerprint density at radius 1 is 1.12 bits per heavy atom. The van der Waals surface area contributed by atoms with E-state index in [9.17, 15) is 4.79 Å². The lowest BCUT2D eigenvalue weighted by atomic mass is 10.0. The van der Waals surface area contributed by atoms with Gasteiger partial charge in [0.05, 0.1) is 0 Å². The molecule has 0 fully saturated rings. The molecule has 0 aromatic rings. The lowest BCUT2D eigenvalue weighted by molar-refractivity contribution is -0.133. The second-order valence-electron chi connectivity index (χ2n) is 4.68. The molecule has 0 saturated carbocycles. The van der Waals surface area contributed by atoms with Crippen LogP contribution < -0.4 is 0 Å². The fraction of sp³-hybridized carbons (Fsp3) is 0.786. The minimum absolute atomic E-state index is 0.123. The minimum Gasteiger partial charge on any atom is -0.478 e. The molecule has 0 radical (unpaired) electrons. The average Bonchev–Trinajstić information content (AvgIpc) is 2.21. The van der Waals surface area contributed by atoms with E-state index in [0.29, 0.717) is 5.57 Å². The molecule has 0 rings (SSSR count). The van der Waals surface area contributed by atoms with E-state index in [4.69, 9.17) is 5.11 Å². The van der Waals surface area contributed by atoms with Crippen molar-refractivity contribution in [3.63, 3.8) is 0 Å². The zero-order valence-electron chi connectivity index (χ0n) is 11.0. The fourth-order valence-electron chi connectivity index (χ4n) is 1.75. The molecule has 2 nitrogen and oxygen atoms in total. The van der Waals surface area contributed by atoms with Crippen molar-refractivity contribution < 1.29 is 9.90 Å². The predicted octanol–water partition coefficient (Wildman–Crippen LogP) is 4.40. The highest BCUT2D eigenvalue weighted by atomic mass is 16.4. The van der Waals surface area contributed by atoms with Crippen molar-refractivity contribution in [1.29, 1.82) is 0 Å². The summed E-state index contributed by atoms with van der Waals surface area (Å²) in [7, 11) is 0. The second kappa shape index (κ2) is 9.44. The lowest BCUT2D eigenvalue weighted by Crippen LogP contribution is -2.06. The van der Waals surface area contributed by atoms with Crippen LogP contribution in [0.3, 0.4) is 0 Å². The van der Waals surface area contributed by atoms with Gasteiger partial charge in [0, 0.05) is 5.57 Å². The highest BCUT2D eigenvalue weighted by molar-refractivity contribution is 5.86. The minimum atomic E-state index is -0.763. The molecule has 94 valence electrons. The maximum absolute atomic E-state index is 10.9. The van der Waals surface area contributed by atoms with E-state index < -0.39 is 5.97 Å². The van der Waals surface area contributed by atoms with E-state index >= 15 is 0 Å². The van der Waals surface area contributed by atoms with Crippen molar-refractivity contribution in [2.75, 3.05) is 0 Å². The molecule has 0 aliphatic rings. The van der Waals surface area contributed by atoms with Crippen LogP contribution in [0.1, 0.15) is 65.7 Å². The molecule has 0 aliphatic carbocycles. The Hall–Kier alpha value is -0.790. The normalized spacial score (nSPS) is 12.1. The van der Waals surface area contributed by atoms with E-state index in [1.807, 2.05) is 19.9 Å². The monoisotopic (exact) mass is 226 g/mol. The van der Waals surface area contributed by atoms with Crippen molar-refractivity contribution in [2.24, 2.45) is 5.92 Å². The van der Waals surface area contributed by atoms with Crippen molar-refractivity contribution in [1.82, 2.24) is 0 Å². The molecule has 0 unspecified atom stereocenters. The van der Waals surface area contributed by atoms with Crippen LogP contribution in [0.4, 0.5) is 0 Å². The van der Waals surface area contributed by atoms with Crippen LogP contribution in [0.5, 0.6) is 0 Å². The summed E-state index contributed by atoms with van der Waals surface area (Å²) in [5, 5.41) is 8.95. The van der Waals surface area contributed by atoms with E-state index in [2.05, 4.69) is 6.92 Å². The predicted molar refractivity (Wildman–Crippen MR) is 68.5 cm³/mol. The molecule has 2 heteroatoms. The van der Waals surface area contributed by atoms with Gasteiger partial charge in [0.2, 0.25) is 0 Å². The van der Waals surface area contributed by atoms with Gasteiger partial charge in [-0.1, -0.05) is 59.0 Å². The van der Waals surface area contributed by atoms with Crippen LogP contribution in [0.15, 0.2) is 11.6 Å². The third-order valence-electron chi connectivity index (χ3n) is 2.79. The van der Waals surface area contributed by atoms with E-state index in [0.717, 1.165) is 12.8 Å². The number of hydrogen-bond acceptors (Lipinski definition) is 1. The van der Waals surface area contributed by atoms with Gasteiger partial charge in [-0.2, -0.15) is 0 Å². The summed E-state index contributed by atoms with van der Waals surface area (Å²) in [6.07, 6.45) is 10.3. The van der Waals surface area contributed by atoms with Crippen LogP contribution in [-0.2, 0) is 4.79 Å².